The van der Waals surface area contributed by atoms with Crippen molar-refractivity contribution in [2.24, 2.45) is 0 Å². The van der Waals surface area contributed by atoms with E-state index in [9.17, 15) is 4.79 Å². The van der Waals surface area contributed by atoms with Crippen LogP contribution >= 0.6 is 12.4 Å². The van der Waals surface area contributed by atoms with E-state index in [2.05, 4.69) is 22.5 Å². The average Bonchev–Trinajstić information content (AvgIpc) is 2.38. The molecule has 1 aliphatic rings. The van der Waals surface area contributed by atoms with Crippen molar-refractivity contribution in [3.05, 3.63) is 35.9 Å². The molecule has 1 amide bonds. The molecule has 5 heteroatoms. The minimum atomic E-state index is 0. The van der Waals surface area contributed by atoms with E-state index in [-0.39, 0.29) is 18.3 Å². The molecule has 1 saturated heterocycles. The van der Waals surface area contributed by atoms with Crippen LogP contribution < -0.4 is 10.6 Å². The Morgan fingerprint density at radius 3 is 2.84 bits per heavy atom. The monoisotopic (exact) mass is 283 g/mol. The molecule has 1 atom stereocenters. The van der Waals surface area contributed by atoms with Gasteiger partial charge in [0.25, 0.3) is 0 Å². The molecule has 0 aliphatic carbocycles. The van der Waals surface area contributed by atoms with Crippen molar-refractivity contribution >= 4 is 18.3 Å². The fourth-order valence-electron chi connectivity index (χ4n) is 2.21. The zero-order chi connectivity index (χ0) is 12.8. The van der Waals surface area contributed by atoms with E-state index in [0.717, 1.165) is 25.2 Å². The van der Waals surface area contributed by atoms with Gasteiger partial charge in [-0.1, -0.05) is 30.3 Å². The van der Waals surface area contributed by atoms with Crippen molar-refractivity contribution in [2.45, 2.75) is 19.5 Å². The summed E-state index contributed by atoms with van der Waals surface area (Å²) in [5, 5.41) is 6.33. The number of amides is 1. The Bertz CT molecular complexity index is 386. The van der Waals surface area contributed by atoms with Crippen LogP contribution in [0.15, 0.2) is 30.3 Å². The number of nitrogens with zero attached hydrogens (tertiary/aromatic N) is 1. The van der Waals surface area contributed by atoms with Crippen LogP contribution in [0.25, 0.3) is 0 Å². The second kappa shape index (κ2) is 8.15. The maximum atomic E-state index is 11.8. The lowest BCUT2D eigenvalue weighted by Crippen LogP contribution is -2.51. The van der Waals surface area contributed by atoms with Gasteiger partial charge in [0, 0.05) is 32.2 Å². The van der Waals surface area contributed by atoms with Crippen molar-refractivity contribution < 1.29 is 4.79 Å². The van der Waals surface area contributed by atoms with Crippen molar-refractivity contribution in [3.8, 4) is 0 Å². The topological polar surface area (TPSA) is 44.4 Å². The Morgan fingerprint density at radius 2 is 2.16 bits per heavy atom. The highest BCUT2D eigenvalue weighted by Gasteiger charge is 2.17. The number of rotatable bonds is 4. The predicted octanol–water partition coefficient (Wildman–Crippen LogP) is 1.02. The molecule has 4 nitrogen and oxygen atoms in total. The fourth-order valence-corrected chi connectivity index (χ4v) is 2.21. The summed E-state index contributed by atoms with van der Waals surface area (Å²) in [4.78, 5) is 14.0. The first kappa shape index (κ1) is 16.0. The van der Waals surface area contributed by atoms with Crippen molar-refractivity contribution in [3.63, 3.8) is 0 Å². The number of carbonyl (C=O) groups excluding carboxylic acids is 1. The van der Waals surface area contributed by atoms with Crippen LogP contribution in [0.2, 0.25) is 0 Å². The normalized spacial score (nSPS) is 19.5. The highest BCUT2D eigenvalue weighted by atomic mass is 35.5. The smallest absolute Gasteiger partial charge is 0.234 e. The van der Waals surface area contributed by atoms with Gasteiger partial charge in [-0.3, -0.25) is 9.69 Å². The van der Waals surface area contributed by atoms with Gasteiger partial charge in [0.2, 0.25) is 5.91 Å². The maximum absolute atomic E-state index is 11.8. The number of nitrogens with one attached hydrogen (secondary N) is 2. The third kappa shape index (κ3) is 5.59. The second-order valence-corrected chi connectivity index (χ2v) is 4.85. The molecule has 0 bridgehead atoms. The van der Waals surface area contributed by atoms with E-state index in [1.165, 1.54) is 0 Å². The zero-order valence-electron chi connectivity index (χ0n) is 11.3. The van der Waals surface area contributed by atoms with Crippen LogP contribution in [0, 0.1) is 0 Å². The Labute approximate surface area is 121 Å². The fraction of sp³-hybridized carbons (Fsp3) is 0.500. The van der Waals surface area contributed by atoms with Crippen LogP contribution in [-0.2, 0) is 11.3 Å². The molecular formula is C14H22ClN3O. The maximum Gasteiger partial charge on any atom is 0.234 e. The van der Waals surface area contributed by atoms with Crippen LogP contribution in [0.3, 0.4) is 0 Å². The lowest BCUT2D eigenvalue weighted by Gasteiger charge is -2.31. The lowest BCUT2D eigenvalue weighted by molar-refractivity contribution is -0.122. The van der Waals surface area contributed by atoms with Gasteiger partial charge in [0.15, 0.2) is 0 Å². The van der Waals surface area contributed by atoms with Gasteiger partial charge in [-0.2, -0.15) is 0 Å². The Balaban J connectivity index is 0.00000180. The number of piperazine rings is 1. The van der Waals surface area contributed by atoms with E-state index in [1.54, 1.807) is 0 Å². The van der Waals surface area contributed by atoms with Crippen LogP contribution in [0.1, 0.15) is 12.5 Å². The molecule has 1 fully saturated rings. The standard InChI is InChI=1S/C14H21N3O.ClH/c1-12-10-17(8-7-15-12)11-14(18)16-9-13-5-3-2-4-6-13;/h2-6,12,15H,7-11H2,1H3,(H,16,18);1H. The highest BCUT2D eigenvalue weighted by Crippen LogP contribution is 1.99. The van der Waals surface area contributed by atoms with E-state index >= 15 is 0 Å². The van der Waals surface area contributed by atoms with Gasteiger partial charge >= 0.3 is 0 Å². The van der Waals surface area contributed by atoms with E-state index < -0.39 is 0 Å². The number of hydrogen-bond donors (Lipinski definition) is 2. The summed E-state index contributed by atoms with van der Waals surface area (Å²) in [7, 11) is 0. The Kier molecular flexibility index (Phi) is 6.84. The van der Waals surface area contributed by atoms with Gasteiger partial charge in [0.05, 0.1) is 6.54 Å². The van der Waals surface area contributed by atoms with Crippen LogP contribution in [0.5, 0.6) is 0 Å². The van der Waals surface area contributed by atoms with Crippen LogP contribution in [-0.4, -0.2) is 43.0 Å². The first-order chi connectivity index (χ1) is 8.74. The molecule has 1 aromatic rings. The first-order valence-electron chi connectivity index (χ1n) is 6.50. The molecule has 2 rings (SSSR count). The molecule has 0 spiro atoms. The average molecular weight is 284 g/mol. The number of carbonyl (C=O) groups is 1. The predicted molar refractivity (Wildman–Crippen MR) is 79.4 cm³/mol. The molecule has 2 N–H and O–H groups in total. The third-order valence-corrected chi connectivity index (χ3v) is 3.15. The van der Waals surface area contributed by atoms with Crippen LogP contribution in [0.4, 0.5) is 0 Å². The van der Waals surface area contributed by atoms with Crippen molar-refractivity contribution in [1.82, 2.24) is 15.5 Å². The third-order valence-electron chi connectivity index (χ3n) is 3.15. The lowest BCUT2D eigenvalue weighted by atomic mass is 10.2. The molecule has 1 unspecified atom stereocenters. The molecule has 0 saturated carbocycles. The molecular weight excluding hydrogens is 262 g/mol. The molecule has 1 aliphatic heterocycles. The molecule has 1 aromatic carbocycles. The summed E-state index contributed by atoms with van der Waals surface area (Å²) in [5.41, 5.74) is 1.14. The first-order valence-corrected chi connectivity index (χ1v) is 6.50. The van der Waals surface area contributed by atoms with Gasteiger partial charge < -0.3 is 10.6 Å². The number of benzene rings is 1. The summed E-state index contributed by atoms with van der Waals surface area (Å²) >= 11 is 0. The molecule has 19 heavy (non-hydrogen) atoms. The van der Waals surface area contributed by atoms with E-state index in [0.29, 0.717) is 19.1 Å². The minimum absolute atomic E-state index is 0. The largest absolute Gasteiger partial charge is 0.351 e. The van der Waals surface area contributed by atoms with Gasteiger partial charge in [0.1, 0.15) is 0 Å². The zero-order valence-corrected chi connectivity index (χ0v) is 12.1. The summed E-state index contributed by atoms with van der Waals surface area (Å²) in [5.74, 6) is 0.105. The quantitative estimate of drug-likeness (QED) is 0.867. The van der Waals surface area contributed by atoms with E-state index in [4.69, 9.17) is 0 Å². The van der Waals surface area contributed by atoms with E-state index in [1.807, 2.05) is 30.3 Å². The van der Waals surface area contributed by atoms with Gasteiger partial charge in [-0.25, -0.2) is 0 Å². The van der Waals surface area contributed by atoms with Gasteiger partial charge in [-0.05, 0) is 12.5 Å². The van der Waals surface area contributed by atoms with Crippen molar-refractivity contribution in [2.75, 3.05) is 26.2 Å². The van der Waals surface area contributed by atoms with Gasteiger partial charge in [-0.15, -0.1) is 12.4 Å². The molecule has 0 aromatic heterocycles. The molecule has 0 radical (unpaired) electrons. The summed E-state index contributed by atoms with van der Waals surface area (Å²) in [6, 6.07) is 10.5. The molecule has 1 heterocycles. The van der Waals surface area contributed by atoms with Crippen molar-refractivity contribution in [1.29, 1.82) is 0 Å². The summed E-state index contributed by atoms with van der Waals surface area (Å²) < 4.78 is 0. The summed E-state index contributed by atoms with van der Waals surface area (Å²) in [6.07, 6.45) is 0. The minimum Gasteiger partial charge on any atom is -0.351 e. The Morgan fingerprint density at radius 1 is 1.42 bits per heavy atom. The Hall–Kier alpha value is -1.10. The summed E-state index contributed by atoms with van der Waals surface area (Å²) in [6.45, 7) is 6.11. The number of halogens is 1. The number of hydrogen-bond acceptors (Lipinski definition) is 3. The SMILES string of the molecule is CC1CN(CC(=O)NCc2ccccc2)CCN1.Cl. The highest BCUT2D eigenvalue weighted by molar-refractivity contribution is 5.85. The second-order valence-electron chi connectivity index (χ2n) is 4.85. The molecule has 106 valence electrons.